The van der Waals surface area contributed by atoms with E-state index in [0.29, 0.717) is 6.61 Å². The molecule has 1 amide bonds. The molecule has 2 rings (SSSR count). The second-order valence-corrected chi connectivity index (χ2v) is 6.30. The molecular formula is C15H22N2O3. The van der Waals surface area contributed by atoms with Gasteiger partial charge >= 0.3 is 6.09 Å². The summed E-state index contributed by atoms with van der Waals surface area (Å²) in [5.74, 6) is 5.19. The third-order valence-corrected chi connectivity index (χ3v) is 3.33. The van der Waals surface area contributed by atoms with E-state index in [2.05, 4.69) is 5.32 Å². The summed E-state index contributed by atoms with van der Waals surface area (Å²) in [5.41, 5.74) is 1.37. The minimum Gasteiger partial charge on any atom is -0.444 e. The Morgan fingerprint density at radius 1 is 1.40 bits per heavy atom. The van der Waals surface area contributed by atoms with Gasteiger partial charge in [-0.25, -0.2) is 10.7 Å². The summed E-state index contributed by atoms with van der Waals surface area (Å²) < 4.78 is 5.24. The molecule has 0 saturated heterocycles. The van der Waals surface area contributed by atoms with Crippen LogP contribution in [0.2, 0.25) is 0 Å². The Labute approximate surface area is 119 Å². The van der Waals surface area contributed by atoms with Crippen LogP contribution in [0, 0.1) is 0 Å². The van der Waals surface area contributed by atoms with Crippen molar-refractivity contribution in [1.82, 2.24) is 0 Å². The number of carbonyl (C=O) groups is 1. The number of hydrogen-bond donors (Lipinski definition) is 2. The Morgan fingerprint density at radius 3 is 2.65 bits per heavy atom. The molecule has 1 aromatic carbocycles. The Morgan fingerprint density at radius 2 is 2.10 bits per heavy atom. The number of rotatable bonds is 4. The van der Waals surface area contributed by atoms with Gasteiger partial charge in [0.05, 0.1) is 6.61 Å². The SMILES string of the molecule is CC(C)(C)OC(=O)Nc1cccc(C2(CON)CC2)c1. The first-order chi connectivity index (χ1) is 9.35. The molecule has 0 radical (unpaired) electrons. The number of hydrogen-bond acceptors (Lipinski definition) is 4. The van der Waals surface area contributed by atoms with Gasteiger partial charge in [0, 0.05) is 11.1 Å². The van der Waals surface area contributed by atoms with E-state index in [-0.39, 0.29) is 5.41 Å². The predicted octanol–water partition coefficient (Wildman–Crippen LogP) is 2.96. The van der Waals surface area contributed by atoms with Crippen LogP contribution in [-0.2, 0) is 15.0 Å². The zero-order valence-electron chi connectivity index (χ0n) is 12.2. The highest BCUT2D eigenvalue weighted by Crippen LogP contribution is 2.48. The molecule has 1 saturated carbocycles. The first-order valence-corrected chi connectivity index (χ1v) is 6.77. The summed E-state index contributed by atoms with van der Waals surface area (Å²) in [6.07, 6.45) is 1.66. The fourth-order valence-electron chi connectivity index (χ4n) is 2.18. The highest BCUT2D eigenvalue weighted by Gasteiger charge is 2.44. The summed E-state index contributed by atoms with van der Waals surface area (Å²) >= 11 is 0. The highest BCUT2D eigenvalue weighted by atomic mass is 16.6. The van der Waals surface area contributed by atoms with Crippen molar-refractivity contribution < 1.29 is 14.4 Å². The molecular weight excluding hydrogens is 256 g/mol. The van der Waals surface area contributed by atoms with E-state index in [1.54, 1.807) is 0 Å². The van der Waals surface area contributed by atoms with Crippen molar-refractivity contribution in [2.24, 2.45) is 5.90 Å². The van der Waals surface area contributed by atoms with Gasteiger partial charge in [0.15, 0.2) is 0 Å². The molecule has 5 nitrogen and oxygen atoms in total. The van der Waals surface area contributed by atoms with Crippen LogP contribution in [0.1, 0.15) is 39.2 Å². The smallest absolute Gasteiger partial charge is 0.412 e. The van der Waals surface area contributed by atoms with Crippen molar-refractivity contribution in [2.45, 2.75) is 44.6 Å². The molecule has 0 heterocycles. The van der Waals surface area contributed by atoms with Crippen LogP contribution in [0.25, 0.3) is 0 Å². The lowest BCUT2D eigenvalue weighted by Gasteiger charge is -2.20. The van der Waals surface area contributed by atoms with E-state index in [9.17, 15) is 4.79 Å². The van der Waals surface area contributed by atoms with Crippen LogP contribution in [0.5, 0.6) is 0 Å². The topological polar surface area (TPSA) is 73.6 Å². The van der Waals surface area contributed by atoms with Crippen molar-refractivity contribution in [3.63, 3.8) is 0 Å². The lowest BCUT2D eigenvalue weighted by molar-refractivity contribution is 0.0636. The van der Waals surface area contributed by atoms with Gasteiger partial charge in [0.2, 0.25) is 0 Å². The maximum absolute atomic E-state index is 11.8. The second kappa shape index (κ2) is 5.42. The Hall–Kier alpha value is -1.59. The van der Waals surface area contributed by atoms with E-state index >= 15 is 0 Å². The molecule has 20 heavy (non-hydrogen) atoms. The monoisotopic (exact) mass is 278 g/mol. The Balaban J connectivity index is 2.05. The molecule has 1 aliphatic rings. The summed E-state index contributed by atoms with van der Waals surface area (Å²) in [4.78, 5) is 16.6. The molecule has 110 valence electrons. The fourth-order valence-corrected chi connectivity index (χ4v) is 2.18. The van der Waals surface area contributed by atoms with Crippen LogP contribution in [0.15, 0.2) is 24.3 Å². The number of benzene rings is 1. The zero-order valence-corrected chi connectivity index (χ0v) is 12.2. The summed E-state index contributed by atoms with van der Waals surface area (Å²) in [6, 6.07) is 7.74. The number of nitrogens with one attached hydrogen (secondary N) is 1. The van der Waals surface area contributed by atoms with Crippen LogP contribution >= 0.6 is 0 Å². The van der Waals surface area contributed by atoms with Gasteiger partial charge in [0.25, 0.3) is 0 Å². The number of ether oxygens (including phenoxy) is 1. The van der Waals surface area contributed by atoms with E-state index in [1.807, 2.05) is 45.0 Å². The average Bonchev–Trinajstić information content (AvgIpc) is 3.08. The quantitative estimate of drug-likeness (QED) is 0.830. The summed E-state index contributed by atoms with van der Waals surface area (Å²) in [6.45, 7) is 6.01. The second-order valence-electron chi connectivity index (χ2n) is 6.30. The fraction of sp³-hybridized carbons (Fsp3) is 0.533. The maximum Gasteiger partial charge on any atom is 0.412 e. The molecule has 3 N–H and O–H groups in total. The molecule has 1 aliphatic carbocycles. The number of anilines is 1. The van der Waals surface area contributed by atoms with Crippen LogP contribution < -0.4 is 11.2 Å². The van der Waals surface area contributed by atoms with Crippen molar-refractivity contribution in [1.29, 1.82) is 0 Å². The highest BCUT2D eigenvalue weighted by molar-refractivity contribution is 5.85. The lowest BCUT2D eigenvalue weighted by Crippen LogP contribution is -2.27. The van der Waals surface area contributed by atoms with E-state index < -0.39 is 11.7 Å². The van der Waals surface area contributed by atoms with Crippen molar-refractivity contribution in [2.75, 3.05) is 11.9 Å². The average molecular weight is 278 g/mol. The molecule has 0 unspecified atom stereocenters. The van der Waals surface area contributed by atoms with Gasteiger partial charge in [-0.05, 0) is 51.3 Å². The van der Waals surface area contributed by atoms with Crippen molar-refractivity contribution in [3.8, 4) is 0 Å². The van der Waals surface area contributed by atoms with Crippen molar-refractivity contribution in [3.05, 3.63) is 29.8 Å². The lowest BCUT2D eigenvalue weighted by atomic mass is 9.96. The maximum atomic E-state index is 11.8. The summed E-state index contributed by atoms with van der Waals surface area (Å²) in [7, 11) is 0. The molecule has 0 bridgehead atoms. The normalized spacial score (nSPS) is 16.6. The first-order valence-electron chi connectivity index (χ1n) is 6.77. The van der Waals surface area contributed by atoms with Crippen LogP contribution in [0.3, 0.4) is 0 Å². The van der Waals surface area contributed by atoms with Gasteiger partial charge in [-0.2, -0.15) is 0 Å². The number of nitrogens with two attached hydrogens (primary N) is 1. The molecule has 0 spiro atoms. The van der Waals surface area contributed by atoms with Crippen molar-refractivity contribution >= 4 is 11.8 Å². The number of amides is 1. The van der Waals surface area contributed by atoms with Gasteiger partial charge in [-0.1, -0.05) is 12.1 Å². The van der Waals surface area contributed by atoms with Gasteiger partial charge in [-0.15, -0.1) is 0 Å². The third-order valence-electron chi connectivity index (χ3n) is 3.33. The Bertz CT molecular complexity index is 490. The first kappa shape index (κ1) is 14.8. The van der Waals surface area contributed by atoms with Gasteiger partial charge < -0.3 is 9.57 Å². The number of carbonyl (C=O) groups excluding carboxylic acids is 1. The predicted molar refractivity (Wildman–Crippen MR) is 77.4 cm³/mol. The van der Waals surface area contributed by atoms with Crippen LogP contribution in [-0.4, -0.2) is 18.3 Å². The molecule has 1 aromatic rings. The zero-order chi connectivity index (χ0) is 14.8. The van der Waals surface area contributed by atoms with Gasteiger partial charge in [0.1, 0.15) is 5.60 Å². The minimum atomic E-state index is -0.507. The third kappa shape index (κ3) is 3.71. The van der Waals surface area contributed by atoms with E-state index in [0.717, 1.165) is 24.1 Å². The molecule has 1 fully saturated rings. The van der Waals surface area contributed by atoms with Crippen LogP contribution in [0.4, 0.5) is 10.5 Å². The van der Waals surface area contributed by atoms with Gasteiger partial charge in [-0.3, -0.25) is 5.32 Å². The largest absolute Gasteiger partial charge is 0.444 e. The standard InChI is InChI=1S/C15H22N2O3/c1-14(2,3)20-13(18)17-12-6-4-5-11(9-12)15(7-8-15)10-19-16/h4-6,9H,7-8,10,16H2,1-3H3,(H,17,18). The minimum absolute atomic E-state index is 0.0143. The van der Waals surface area contributed by atoms with E-state index in [4.69, 9.17) is 15.5 Å². The summed E-state index contributed by atoms with van der Waals surface area (Å²) in [5, 5.41) is 2.75. The molecule has 0 aromatic heterocycles. The molecule has 0 aliphatic heterocycles. The molecule has 5 heteroatoms. The Kier molecular flexibility index (Phi) is 4.01. The van der Waals surface area contributed by atoms with E-state index in [1.165, 1.54) is 0 Å². The molecule has 0 atom stereocenters.